The van der Waals surface area contributed by atoms with Crippen LogP contribution < -0.4 is 9.47 Å². The number of rotatable bonds is 6. The van der Waals surface area contributed by atoms with Crippen LogP contribution in [0.4, 0.5) is 0 Å². The fourth-order valence-electron chi connectivity index (χ4n) is 2.38. The van der Waals surface area contributed by atoms with Gasteiger partial charge in [-0.1, -0.05) is 30.5 Å². The van der Waals surface area contributed by atoms with Crippen LogP contribution in [0.25, 0.3) is 6.08 Å². The smallest absolute Gasteiger partial charge is 0.186 e. The highest BCUT2D eigenvalue weighted by Gasteiger charge is 2.38. The van der Waals surface area contributed by atoms with Crippen molar-refractivity contribution in [2.75, 3.05) is 13.7 Å². The molecule has 5 nitrogen and oxygen atoms in total. The Morgan fingerprint density at radius 1 is 1.40 bits per heavy atom. The summed E-state index contributed by atoms with van der Waals surface area (Å²) in [4.78, 5) is 17.4. The van der Waals surface area contributed by atoms with Gasteiger partial charge in [0.25, 0.3) is 0 Å². The predicted octanol–water partition coefficient (Wildman–Crippen LogP) is 4.13. The molecular formula is C18H16N2O3S2. The van der Waals surface area contributed by atoms with Crippen molar-refractivity contribution in [2.45, 2.75) is 5.92 Å². The summed E-state index contributed by atoms with van der Waals surface area (Å²) in [6.45, 7) is 4.01. The number of thioether (sulfide) groups is 1. The van der Waals surface area contributed by atoms with E-state index in [9.17, 15) is 4.79 Å². The molecule has 1 fully saturated rings. The fourth-order valence-corrected chi connectivity index (χ4v) is 4.19. The van der Waals surface area contributed by atoms with E-state index in [0.717, 1.165) is 5.56 Å². The number of aromatic nitrogens is 1. The topological polar surface area (TPSA) is 72.3 Å². The van der Waals surface area contributed by atoms with Crippen LogP contribution in [0.5, 0.6) is 11.5 Å². The molecule has 7 heteroatoms. The molecule has 0 radical (unpaired) electrons. The van der Waals surface area contributed by atoms with Gasteiger partial charge >= 0.3 is 0 Å². The number of allylic oxidation sites excluding steroid dienone is 1. The van der Waals surface area contributed by atoms with Crippen molar-refractivity contribution < 1.29 is 14.3 Å². The lowest BCUT2D eigenvalue weighted by atomic mass is 10.0. The Kier molecular flexibility index (Phi) is 5.35. The third kappa shape index (κ3) is 3.67. The van der Waals surface area contributed by atoms with E-state index in [2.05, 4.69) is 11.6 Å². The molecule has 1 N–H and O–H groups in total. The first-order valence-electron chi connectivity index (χ1n) is 7.47. The lowest BCUT2D eigenvalue weighted by Crippen LogP contribution is -2.11. The molecular weight excluding hydrogens is 356 g/mol. The first-order chi connectivity index (χ1) is 12.1. The van der Waals surface area contributed by atoms with Crippen LogP contribution in [0.2, 0.25) is 0 Å². The van der Waals surface area contributed by atoms with Gasteiger partial charge < -0.3 is 9.47 Å². The van der Waals surface area contributed by atoms with Gasteiger partial charge in [0.1, 0.15) is 17.5 Å². The normalized spacial score (nSPS) is 18.6. The second-order valence-electron chi connectivity index (χ2n) is 5.15. The number of nitrogens with one attached hydrogen (secondary N) is 1. The van der Waals surface area contributed by atoms with E-state index in [4.69, 9.17) is 14.9 Å². The summed E-state index contributed by atoms with van der Waals surface area (Å²) >= 11 is 2.58. The minimum atomic E-state index is -0.576. The zero-order valence-corrected chi connectivity index (χ0v) is 15.2. The lowest BCUT2D eigenvalue weighted by Gasteiger charge is -2.10. The Labute approximate surface area is 153 Å². The molecule has 0 spiro atoms. The van der Waals surface area contributed by atoms with Gasteiger partial charge in [0.05, 0.1) is 17.1 Å². The van der Waals surface area contributed by atoms with E-state index < -0.39 is 5.92 Å². The number of ether oxygens (including phenoxy) is 2. The second kappa shape index (κ2) is 7.67. The Hall–Kier alpha value is -2.38. The van der Waals surface area contributed by atoms with Crippen molar-refractivity contribution in [2.24, 2.45) is 0 Å². The number of benzene rings is 1. The maximum Gasteiger partial charge on any atom is 0.186 e. The standard InChI is InChI=1S/C18H16N2O3S2/c1-3-7-23-12-5-4-11(9-13(12)22-2)10-14-16(21)15(17(19)25-14)18-20-6-8-24-18/h3-6,8-10,15,19H,1,7H2,2H3. The van der Waals surface area contributed by atoms with Crippen molar-refractivity contribution in [3.63, 3.8) is 0 Å². The summed E-state index contributed by atoms with van der Waals surface area (Å²) in [5, 5.41) is 10.9. The van der Waals surface area contributed by atoms with Crippen molar-refractivity contribution in [1.29, 1.82) is 5.41 Å². The number of nitrogens with zero attached hydrogens (tertiary/aromatic N) is 1. The van der Waals surface area contributed by atoms with E-state index in [1.54, 1.807) is 37.6 Å². The summed E-state index contributed by atoms with van der Waals surface area (Å²) in [7, 11) is 1.57. The van der Waals surface area contributed by atoms with Crippen LogP contribution in [-0.4, -0.2) is 29.5 Å². The van der Waals surface area contributed by atoms with Gasteiger partial charge in [-0.05, 0) is 23.8 Å². The zero-order valence-electron chi connectivity index (χ0n) is 13.5. The van der Waals surface area contributed by atoms with Crippen LogP contribution in [0.3, 0.4) is 0 Å². The average molecular weight is 372 g/mol. The summed E-state index contributed by atoms with van der Waals surface area (Å²) in [5.41, 5.74) is 0.811. The molecule has 128 valence electrons. The molecule has 1 aliphatic heterocycles. The number of carbonyl (C=O) groups is 1. The molecule has 3 rings (SSSR count). The minimum absolute atomic E-state index is 0.0871. The van der Waals surface area contributed by atoms with E-state index in [-0.39, 0.29) is 5.78 Å². The van der Waals surface area contributed by atoms with Crippen molar-refractivity contribution >= 4 is 40.0 Å². The van der Waals surface area contributed by atoms with E-state index in [0.29, 0.717) is 33.1 Å². The molecule has 2 aromatic rings. The Balaban J connectivity index is 1.87. The SMILES string of the molecule is C=CCOc1ccc(C=C2SC(=N)C(c3nccs3)C2=O)cc1OC. The van der Waals surface area contributed by atoms with Gasteiger partial charge in [0.15, 0.2) is 17.3 Å². The molecule has 2 heterocycles. The molecule has 1 aliphatic rings. The van der Waals surface area contributed by atoms with Gasteiger partial charge in [-0.25, -0.2) is 4.98 Å². The highest BCUT2D eigenvalue weighted by atomic mass is 32.2. The number of thiazole rings is 1. The highest BCUT2D eigenvalue weighted by Crippen LogP contribution is 2.41. The Morgan fingerprint density at radius 3 is 2.92 bits per heavy atom. The van der Waals surface area contributed by atoms with Crippen LogP contribution in [0.15, 0.2) is 47.3 Å². The fraction of sp³-hybridized carbons (Fsp3) is 0.167. The quantitative estimate of drug-likeness (QED) is 0.610. The van der Waals surface area contributed by atoms with Crippen LogP contribution in [0, 0.1) is 5.41 Å². The van der Waals surface area contributed by atoms with Gasteiger partial charge in [-0.15, -0.1) is 11.3 Å². The molecule has 0 aliphatic carbocycles. The third-order valence-corrected chi connectivity index (χ3v) is 5.36. The summed E-state index contributed by atoms with van der Waals surface area (Å²) in [6, 6.07) is 5.45. The van der Waals surface area contributed by atoms with Crippen molar-refractivity contribution in [3.8, 4) is 11.5 Å². The first-order valence-corrected chi connectivity index (χ1v) is 9.17. The predicted molar refractivity (Wildman–Crippen MR) is 102 cm³/mol. The molecule has 0 bridgehead atoms. The van der Waals surface area contributed by atoms with Crippen molar-refractivity contribution in [1.82, 2.24) is 4.98 Å². The Bertz CT molecular complexity index is 844. The van der Waals surface area contributed by atoms with Crippen LogP contribution in [-0.2, 0) is 4.79 Å². The monoisotopic (exact) mass is 372 g/mol. The van der Waals surface area contributed by atoms with E-state index >= 15 is 0 Å². The number of carbonyl (C=O) groups excluding carboxylic acids is 1. The second-order valence-corrected chi connectivity index (χ2v) is 7.16. The molecule has 1 aromatic heterocycles. The van der Waals surface area contributed by atoms with E-state index in [1.165, 1.54) is 23.1 Å². The Morgan fingerprint density at radius 2 is 2.24 bits per heavy atom. The number of hydrogen-bond donors (Lipinski definition) is 1. The van der Waals surface area contributed by atoms with Gasteiger partial charge in [-0.3, -0.25) is 10.2 Å². The molecule has 0 saturated carbocycles. The zero-order chi connectivity index (χ0) is 17.8. The van der Waals surface area contributed by atoms with Gasteiger partial charge in [-0.2, -0.15) is 0 Å². The molecule has 1 atom stereocenters. The number of hydrogen-bond acceptors (Lipinski definition) is 7. The molecule has 0 amide bonds. The molecule has 1 unspecified atom stereocenters. The van der Waals surface area contributed by atoms with E-state index in [1.807, 2.05) is 11.4 Å². The van der Waals surface area contributed by atoms with Gasteiger partial charge in [0, 0.05) is 11.6 Å². The van der Waals surface area contributed by atoms with Gasteiger partial charge in [0.2, 0.25) is 0 Å². The van der Waals surface area contributed by atoms with Crippen molar-refractivity contribution in [3.05, 3.63) is 57.9 Å². The third-order valence-electron chi connectivity index (χ3n) is 3.53. The largest absolute Gasteiger partial charge is 0.493 e. The maximum atomic E-state index is 12.7. The van der Waals surface area contributed by atoms with Crippen LogP contribution >= 0.6 is 23.1 Å². The molecule has 1 saturated heterocycles. The number of ketones is 1. The summed E-state index contributed by atoms with van der Waals surface area (Å²) < 4.78 is 10.9. The number of Topliss-reactive ketones (excluding diaryl/α,β-unsaturated/α-hetero) is 1. The first kappa shape index (κ1) is 17.4. The lowest BCUT2D eigenvalue weighted by molar-refractivity contribution is -0.114. The maximum absolute atomic E-state index is 12.7. The van der Waals surface area contributed by atoms with Crippen LogP contribution in [0.1, 0.15) is 16.5 Å². The number of methoxy groups -OCH3 is 1. The summed E-state index contributed by atoms with van der Waals surface area (Å²) in [5.74, 6) is 0.533. The highest BCUT2D eigenvalue weighted by molar-refractivity contribution is 8.19. The summed E-state index contributed by atoms with van der Waals surface area (Å²) in [6.07, 6.45) is 5.09. The molecule has 1 aromatic carbocycles. The molecule has 25 heavy (non-hydrogen) atoms. The minimum Gasteiger partial charge on any atom is -0.493 e. The average Bonchev–Trinajstić information content (AvgIpc) is 3.22.